The summed E-state index contributed by atoms with van der Waals surface area (Å²) in [5, 5.41) is 0.0881. The lowest BCUT2D eigenvalue weighted by Crippen LogP contribution is -2.49. The van der Waals surface area contributed by atoms with Gasteiger partial charge in [0.1, 0.15) is 12.2 Å². The van der Waals surface area contributed by atoms with Crippen molar-refractivity contribution in [3.63, 3.8) is 0 Å². The summed E-state index contributed by atoms with van der Waals surface area (Å²) >= 11 is 0. The molecule has 0 rings (SSSR count). The van der Waals surface area contributed by atoms with Crippen LogP contribution in [-0.2, 0) is 18.7 Å². The van der Waals surface area contributed by atoms with Gasteiger partial charge in [0.05, 0.1) is 6.10 Å². The Bertz CT molecular complexity index is 616. The molecule has 0 heterocycles. The Hall–Kier alpha value is -1.17. The Balaban J connectivity index is 5.61. The maximum Gasteiger partial charge on any atom is 0.306 e. The summed E-state index contributed by atoms with van der Waals surface area (Å²) < 4.78 is 18.4. The third-order valence-electron chi connectivity index (χ3n) is 6.46. The van der Waals surface area contributed by atoms with Gasteiger partial charge in [0.2, 0.25) is 0 Å². The van der Waals surface area contributed by atoms with E-state index in [0.717, 1.165) is 24.8 Å². The van der Waals surface area contributed by atoms with Crippen LogP contribution in [-0.4, -0.2) is 39.7 Å². The van der Waals surface area contributed by atoms with Crippen LogP contribution in [0.3, 0.4) is 0 Å². The molecule has 0 amide bonds. The first-order chi connectivity index (χ1) is 14.7. The summed E-state index contributed by atoms with van der Waals surface area (Å²) in [5.74, 6) is 0.121. The van der Waals surface area contributed by atoms with E-state index in [2.05, 4.69) is 73.9 Å². The minimum Gasteiger partial charge on any atom is -0.458 e. The highest BCUT2D eigenvalue weighted by Crippen LogP contribution is 2.39. The molecule has 4 atom stereocenters. The summed E-state index contributed by atoms with van der Waals surface area (Å²) in [6.45, 7) is 27.3. The molecule has 0 radical (unpaired) electrons. The van der Waals surface area contributed by atoms with Crippen molar-refractivity contribution in [2.24, 2.45) is 11.8 Å². The highest BCUT2D eigenvalue weighted by molar-refractivity contribution is 6.74. The van der Waals surface area contributed by atoms with Crippen LogP contribution < -0.4 is 0 Å². The normalized spacial score (nSPS) is 16.9. The largest absolute Gasteiger partial charge is 0.458 e. The van der Waals surface area contributed by atoms with Crippen molar-refractivity contribution >= 4 is 14.3 Å². The van der Waals surface area contributed by atoms with Gasteiger partial charge >= 0.3 is 5.97 Å². The highest BCUT2D eigenvalue weighted by atomic mass is 28.4. The molecule has 0 fully saturated rings. The number of esters is 1. The number of methoxy groups -OCH3 is 1. The molecule has 0 aliphatic heterocycles. The second-order valence-electron chi connectivity index (χ2n) is 10.7. The summed E-state index contributed by atoms with van der Waals surface area (Å²) in [6.07, 6.45) is 8.43. The molecule has 4 nitrogen and oxygen atoms in total. The number of hydrogen-bond acceptors (Lipinski definition) is 4. The third kappa shape index (κ3) is 10.2. The average molecular weight is 467 g/mol. The van der Waals surface area contributed by atoms with Gasteiger partial charge in [0, 0.05) is 19.4 Å². The first-order valence-corrected chi connectivity index (χ1v) is 14.9. The first-order valence-electron chi connectivity index (χ1n) is 12.0. The standard InChI is InChI=1S/C27H50O4Si/c1-13-15-16-17-18-24(28)30-25(20(3)4)21(5)19-22(6)26(23(14-2)29-10)31-32(11,12)27(7,8)9/h13-14,19-20,22-23,25-26H,1-2,15-18H2,3-12H3/t22?,23-,25+,26-/m0/s1. The van der Waals surface area contributed by atoms with Gasteiger partial charge in [-0.3, -0.25) is 4.79 Å². The van der Waals surface area contributed by atoms with Crippen molar-refractivity contribution in [3.8, 4) is 0 Å². The van der Waals surface area contributed by atoms with E-state index >= 15 is 0 Å². The lowest BCUT2D eigenvalue weighted by atomic mass is 9.92. The minimum absolute atomic E-state index is 0.0691. The zero-order valence-corrected chi connectivity index (χ0v) is 23.5. The van der Waals surface area contributed by atoms with Crippen molar-refractivity contribution < 1.29 is 18.7 Å². The predicted molar refractivity (Wildman–Crippen MR) is 139 cm³/mol. The number of carbonyl (C=O) groups excluding carboxylic acids is 1. The van der Waals surface area contributed by atoms with Gasteiger partial charge in [0.25, 0.3) is 0 Å². The molecule has 0 aromatic heterocycles. The second kappa shape index (κ2) is 14.2. The number of allylic oxidation sites excluding steroid dienone is 1. The van der Waals surface area contributed by atoms with Gasteiger partial charge in [-0.1, -0.05) is 59.8 Å². The second-order valence-corrected chi connectivity index (χ2v) is 15.5. The molecule has 186 valence electrons. The van der Waals surface area contributed by atoms with Crippen LogP contribution >= 0.6 is 0 Å². The van der Waals surface area contributed by atoms with Crippen molar-refractivity contribution in [3.05, 3.63) is 37.0 Å². The van der Waals surface area contributed by atoms with Crippen LogP contribution in [0.4, 0.5) is 0 Å². The fourth-order valence-electron chi connectivity index (χ4n) is 3.47. The zero-order chi connectivity index (χ0) is 25.1. The molecule has 0 saturated carbocycles. The van der Waals surface area contributed by atoms with Gasteiger partial charge in [-0.2, -0.15) is 0 Å². The number of ether oxygens (including phenoxy) is 2. The van der Waals surface area contributed by atoms with Gasteiger partial charge in [-0.05, 0) is 55.8 Å². The molecule has 0 aliphatic carbocycles. The van der Waals surface area contributed by atoms with Crippen LogP contribution in [0.15, 0.2) is 37.0 Å². The zero-order valence-electron chi connectivity index (χ0n) is 22.5. The van der Waals surface area contributed by atoms with Crippen LogP contribution in [0, 0.1) is 11.8 Å². The summed E-state index contributed by atoms with van der Waals surface area (Å²) in [6, 6.07) is 0. The van der Waals surface area contributed by atoms with E-state index < -0.39 is 8.32 Å². The third-order valence-corrected chi connectivity index (χ3v) is 10.9. The van der Waals surface area contributed by atoms with Crippen LogP contribution in [0.25, 0.3) is 0 Å². The maximum absolute atomic E-state index is 12.4. The topological polar surface area (TPSA) is 44.8 Å². The first kappa shape index (κ1) is 30.8. The smallest absolute Gasteiger partial charge is 0.306 e. The van der Waals surface area contributed by atoms with Crippen LogP contribution in [0.2, 0.25) is 18.1 Å². The van der Waals surface area contributed by atoms with Crippen LogP contribution in [0.5, 0.6) is 0 Å². The number of rotatable bonds is 15. The van der Waals surface area contributed by atoms with Crippen molar-refractivity contribution in [1.29, 1.82) is 0 Å². The molecular weight excluding hydrogens is 416 g/mol. The quantitative estimate of drug-likeness (QED) is 0.109. The van der Waals surface area contributed by atoms with Crippen molar-refractivity contribution in [2.75, 3.05) is 7.11 Å². The Labute approximate surface area is 199 Å². The summed E-state index contributed by atoms with van der Waals surface area (Å²) in [4.78, 5) is 12.4. The van der Waals surface area contributed by atoms with Gasteiger partial charge in [0.15, 0.2) is 8.32 Å². The molecular formula is C27H50O4Si. The molecule has 5 heteroatoms. The number of carbonyl (C=O) groups is 1. The Morgan fingerprint density at radius 1 is 1.09 bits per heavy atom. The molecule has 0 spiro atoms. The minimum atomic E-state index is -2.02. The molecule has 0 aromatic carbocycles. The number of unbranched alkanes of at least 4 members (excludes halogenated alkanes) is 2. The lowest BCUT2D eigenvalue weighted by molar-refractivity contribution is -0.149. The SMILES string of the molecule is C=CCCCCC(=O)O[C@@H](C(C)=CC(C)[C@H](O[Si](C)(C)C(C)(C)C)[C@H](C=C)OC)C(C)C. The van der Waals surface area contributed by atoms with Gasteiger partial charge in [-0.15, -0.1) is 13.2 Å². The molecule has 32 heavy (non-hydrogen) atoms. The lowest BCUT2D eigenvalue weighted by Gasteiger charge is -2.42. The molecule has 0 N–H and O–H groups in total. The predicted octanol–water partition coefficient (Wildman–Crippen LogP) is 7.47. The highest BCUT2D eigenvalue weighted by Gasteiger charge is 2.41. The van der Waals surface area contributed by atoms with E-state index in [-0.39, 0.29) is 41.2 Å². The molecule has 0 aliphatic rings. The molecule has 0 bridgehead atoms. The average Bonchev–Trinajstić information content (AvgIpc) is 2.68. The fraction of sp³-hybridized carbons (Fsp3) is 0.741. The molecule has 1 unspecified atom stereocenters. The maximum atomic E-state index is 12.4. The Morgan fingerprint density at radius 3 is 2.12 bits per heavy atom. The monoisotopic (exact) mass is 466 g/mol. The van der Waals surface area contributed by atoms with E-state index in [1.807, 2.05) is 19.1 Å². The Kier molecular flexibility index (Phi) is 13.6. The van der Waals surface area contributed by atoms with Gasteiger partial charge in [-0.25, -0.2) is 0 Å². The fourth-order valence-corrected chi connectivity index (χ4v) is 4.86. The summed E-state index contributed by atoms with van der Waals surface area (Å²) in [7, 11) is -0.326. The van der Waals surface area contributed by atoms with Crippen molar-refractivity contribution in [1.82, 2.24) is 0 Å². The summed E-state index contributed by atoms with van der Waals surface area (Å²) in [5.41, 5.74) is 1.05. The Morgan fingerprint density at radius 2 is 1.69 bits per heavy atom. The molecule has 0 aromatic rings. The van der Waals surface area contributed by atoms with Crippen LogP contribution in [0.1, 0.15) is 74.1 Å². The van der Waals surface area contributed by atoms with E-state index in [9.17, 15) is 4.79 Å². The number of hydrogen-bond donors (Lipinski definition) is 0. The van der Waals surface area contributed by atoms with E-state index in [1.165, 1.54) is 0 Å². The van der Waals surface area contributed by atoms with E-state index in [0.29, 0.717) is 6.42 Å². The van der Waals surface area contributed by atoms with E-state index in [1.54, 1.807) is 7.11 Å². The van der Waals surface area contributed by atoms with E-state index in [4.69, 9.17) is 13.9 Å². The van der Waals surface area contributed by atoms with Gasteiger partial charge < -0.3 is 13.9 Å². The van der Waals surface area contributed by atoms with Crippen molar-refractivity contribution in [2.45, 2.75) is 111 Å². The molecule has 0 saturated heterocycles.